The predicted octanol–water partition coefficient (Wildman–Crippen LogP) is 3.00. The summed E-state index contributed by atoms with van der Waals surface area (Å²) < 4.78 is 19.9. The molecule has 21 heavy (non-hydrogen) atoms. The maximum absolute atomic E-state index is 14.4. The number of methoxy groups -OCH3 is 1. The zero-order chi connectivity index (χ0) is 13.9. The molecule has 0 spiro atoms. The monoisotopic (exact) mass is 314 g/mol. The van der Waals surface area contributed by atoms with E-state index in [2.05, 4.69) is 10.2 Å². The molecule has 118 valence electrons. The van der Waals surface area contributed by atoms with Crippen molar-refractivity contribution in [3.05, 3.63) is 29.6 Å². The largest absolute Gasteiger partial charge is 0.496 e. The van der Waals surface area contributed by atoms with Crippen molar-refractivity contribution >= 4 is 12.4 Å². The lowest BCUT2D eigenvalue weighted by Gasteiger charge is -2.43. The molecule has 1 atom stereocenters. The van der Waals surface area contributed by atoms with Crippen LogP contribution in [0.4, 0.5) is 4.39 Å². The number of nitrogens with one attached hydrogen (secondary N) is 1. The lowest BCUT2D eigenvalue weighted by molar-refractivity contribution is 0.0792. The van der Waals surface area contributed by atoms with E-state index in [0.29, 0.717) is 11.7 Å². The van der Waals surface area contributed by atoms with Gasteiger partial charge in [-0.15, -0.1) is 12.4 Å². The molecule has 1 saturated heterocycles. The van der Waals surface area contributed by atoms with Crippen LogP contribution in [0.5, 0.6) is 5.75 Å². The van der Waals surface area contributed by atoms with Crippen molar-refractivity contribution in [1.82, 2.24) is 10.2 Å². The molecule has 0 aromatic heterocycles. The molecule has 1 aromatic carbocycles. The second kappa shape index (κ2) is 7.43. The van der Waals surface area contributed by atoms with Crippen molar-refractivity contribution in [1.29, 1.82) is 0 Å². The first-order chi connectivity index (χ1) is 9.81. The highest BCUT2D eigenvalue weighted by atomic mass is 35.5. The highest BCUT2D eigenvalue weighted by molar-refractivity contribution is 5.85. The molecule has 0 unspecified atom stereocenters. The van der Waals surface area contributed by atoms with Gasteiger partial charge in [-0.2, -0.15) is 0 Å². The Bertz CT molecular complexity index is 462. The van der Waals surface area contributed by atoms with E-state index in [0.717, 1.165) is 31.7 Å². The number of nitrogens with zero attached hydrogens (tertiary/aromatic N) is 1. The van der Waals surface area contributed by atoms with Gasteiger partial charge in [0, 0.05) is 37.8 Å². The van der Waals surface area contributed by atoms with Gasteiger partial charge in [0.2, 0.25) is 0 Å². The van der Waals surface area contributed by atoms with Crippen molar-refractivity contribution < 1.29 is 9.13 Å². The van der Waals surface area contributed by atoms with Crippen LogP contribution in [0.3, 0.4) is 0 Å². The van der Waals surface area contributed by atoms with E-state index in [4.69, 9.17) is 4.74 Å². The van der Waals surface area contributed by atoms with Crippen LogP contribution in [0, 0.1) is 11.7 Å². The summed E-state index contributed by atoms with van der Waals surface area (Å²) in [4.78, 5) is 2.43. The maximum atomic E-state index is 14.4. The van der Waals surface area contributed by atoms with Gasteiger partial charge in [-0.3, -0.25) is 4.90 Å². The Kier molecular flexibility index (Phi) is 5.85. The zero-order valence-electron chi connectivity index (χ0n) is 12.5. The number of halogens is 2. The van der Waals surface area contributed by atoms with Gasteiger partial charge in [-0.25, -0.2) is 4.39 Å². The molecule has 0 bridgehead atoms. The van der Waals surface area contributed by atoms with Gasteiger partial charge in [-0.05, 0) is 30.9 Å². The second-order valence-electron chi connectivity index (χ2n) is 5.78. The summed E-state index contributed by atoms with van der Waals surface area (Å²) in [7, 11) is 1.63. The lowest BCUT2D eigenvalue weighted by Crippen LogP contribution is -2.48. The zero-order valence-corrected chi connectivity index (χ0v) is 13.3. The molecular formula is C16H24ClFN2O. The first-order valence-electron chi connectivity index (χ1n) is 7.58. The van der Waals surface area contributed by atoms with Crippen LogP contribution in [0.1, 0.15) is 30.9 Å². The quantitative estimate of drug-likeness (QED) is 0.924. The van der Waals surface area contributed by atoms with E-state index in [1.807, 2.05) is 6.07 Å². The van der Waals surface area contributed by atoms with Crippen molar-refractivity contribution in [3.63, 3.8) is 0 Å². The van der Waals surface area contributed by atoms with Crippen molar-refractivity contribution in [2.45, 2.75) is 25.3 Å². The van der Waals surface area contributed by atoms with Gasteiger partial charge in [-0.1, -0.05) is 12.5 Å². The smallest absolute Gasteiger partial charge is 0.131 e. The first kappa shape index (κ1) is 16.5. The molecule has 2 aliphatic rings. The van der Waals surface area contributed by atoms with Crippen molar-refractivity contribution in [3.8, 4) is 5.75 Å². The van der Waals surface area contributed by atoms with Gasteiger partial charge in [0.1, 0.15) is 11.6 Å². The molecule has 1 aromatic rings. The van der Waals surface area contributed by atoms with Gasteiger partial charge in [0.15, 0.2) is 0 Å². The molecule has 1 heterocycles. The molecule has 5 heteroatoms. The molecule has 0 radical (unpaired) electrons. The van der Waals surface area contributed by atoms with Crippen LogP contribution in [0.2, 0.25) is 0 Å². The van der Waals surface area contributed by atoms with Crippen molar-refractivity contribution in [2.24, 2.45) is 5.92 Å². The van der Waals surface area contributed by atoms with Crippen LogP contribution in [-0.2, 0) is 0 Å². The fourth-order valence-corrected chi connectivity index (χ4v) is 3.41. The Labute approximate surface area is 132 Å². The summed E-state index contributed by atoms with van der Waals surface area (Å²) in [5.41, 5.74) is 0.765. The second-order valence-corrected chi connectivity index (χ2v) is 5.78. The van der Waals surface area contributed by atoms with Gasteiger partial charge in [0.25, 0.3) is 0 Å². The maximum Gasteiger partial charge on any atom is 0.131 e. The third-order valence-electron chi connectivity index (χ3n) is 4.67. The summed E-state index contributed by atoms with van der Waals surface area (Å²) in [5, 5.41) is 3.37. The molecule has 3 rings (SSSR count). The fraction of sp³-hybridized carbons (Fsp3) is 0.625. The molecule has 1 aliphatic carbocycles. The molecule has 1 saturated carbocycles. The Hall–Kier alpha value is -0.840. The standard InChI is InChI=1S/C16H23FN2O.ClH/c1-20-14-7-3-6-13(17)15(14)16(12-4-2-5-12)19-10-8-18-9-11-19;/h3,6-7,12,16,18H,2,4-5,8-11H2,1H3;1H/t16-;/m1./s1. The fourth-order valence-electron chi connectivity index (χ4n) is 3.41. The minimum Gasteiger partial charge on any atom is -0.496 e. The first-order valence-corrected chi connectivity index (χ1v) is 7.58. The van der Waals surface area contributed by atoms with Gasteiger partial charge < -0.3 is 10.1 Å². The van der Waals surface area contributed by atoms with E-state index in [1.54, 1.807) is 19.2 Å². The predicted molar refractivity (Wildman–Crippen MR) is 84.7 cm³/mol. The molecule has 2 fully saturated rings. The number of piperazine rings is 1. The summed E-state index contributed by atoms with van der Waals surface area (Å²) in [5.74, 6) is 1.14. The van der Waals surface area contributed by atoms with Crippen LogP contribution >= 0.6 is 12.4 Å². The van der Waals surface area contributed by atoms with E-state index in [1.165, 1.54) is 19.3 Å². The summed E-state index contributed by atoms with van der Waals surface area (Å²) in [6.07, 6.45) is 3.67. The number of ether oxygens (including phenoxy) is 1. The Balaban J connectivity index is 0.00000161. The molecule has 1 N–H and O–H groups in total. The van der Waals surface area contributed by atoms with E-state index >= 15 is 0 Å². The molecule has 3 nitrogen and oxygen atoms in total. The lowest BCUT2D eigenvalue weighted by atomic mass is 9.76. The third-order valence-corrected chi connectivity index (χ3v) is 4.67. The summed E-state index contributed by atoms with van der Waals surface area (Å²) >= 11 is 0. The van der Waals surface area contributed by atoms with Crippen LogP contribution in [0.15, 0.2) is 18.2 Å². The SMILES string of the molecule is COc1cccc(F)c1[C@@H](C1CCC1)N1CCNCC1.Cl. The minimum atomic E-state index is -0.125. The number of rotatable bonds is 4. The van der Waals surface area contributed by atoms with Gasteiger partial charge in [0.05, 0.1) is 7.11 Å². The Morgan fingerprint density at radius 2 is 2.00 bits per heavy atom. The molecule has 0 amide bonds. The molecular weight excluding hydrogens is 291 g/mol. The van der Waals surface area contributed by atoms with Gasteiger partial charge >= 0.3 is 0 Å². The van der Waals surface area contributed by atoms with Crippen LogP contribution in [-0.4, -0.2) is 38.2 Å². The number of hydrogen-bond donors (Lipinski definition) is 1. The summed E-state index contributed by atoms with van der Waals surface area (Å²) in [6, 6.07) is 5.34. The number of benzene rings is 1. The van der Waals surface area contributed by atoms with Crippen molar-refractivity contribution in [2.75, 3.05) is 33.3 Å². The molecule has 1 aliphatic heterocycles. The highest BCUT2D eigenvalue weighted by Gasteiger charge is 2.36. The number of hydrogen-bond acceptors (Lipinski definition) is 3. The van der Waals surface area contributed by atoms with Crippen LogP contribution in [0.25, 0.3) is 0 Å². The van der Waals surface area contributed by atoms with E-state index in [-0.39, 0.29) is 24.3 Å². The Morgan fingerprint density at radius 1 is 1.29 bits per heavy atom. The normalized spacial score (nSPS) is 21.2. The average Bonchev–Trinajstić information content (AvgIpc) is 2.44. The minimum absolute atomic E-state index is 0. The third kappa shape index (κ3) is 3.33. The highest BCUT2D eigenvalue weighted by Crippen LogP contribution is 2.45. The van der Waals surface area contributed by atoms with E-state index in [9.17, 15) is 4.39 Å². The Morgan fingerprint density at radius 3 is 2.57 bits per heavy atom. The van der Waals surface area contributed by atoms with E-state index < -0.39 is 0 Å². The summed E-state index contributed by atoms with van der Waals surface area (Å²) in [6.45, 7) is 3.94. The average molecular weight is 315 g/mol. The van der Waals surface area contributed by atoms with Crippen LogP contribution < -0.4 is 10.1 Å². The topological polar surface area (TPSA) is 24.5 Å².